The largest absolute Gasteiger partial charge is 0.456 e. The van der Waals surface area contributed by atoms with Gasteiger partial charge in [0.15, 0.2) is 0 Å². The third kappa shape index (κ3) is 3.15. The van der Waals surface area contributed by atoms with E-state index in [0.29, 0.717) is 22.3 Å². The van der Waals surface area contributed by atoms with Crippen molar-refractivity contribution in [2.24, 2.45) is 0 Å². The molecule has 0 aliphatic heterocycles. The quantitative estimate of drug-likeness (QED) is 0.757. The van der Waals surface area contributed by atoms with Crippen molar-refractivity contribution < 1.29 is 4.74 Å². The van der Waals surface area contributed by atoms with Crippen molar-refractivity contribution in [2.75, 3.05) is 5.73 Å². The monoisotopic (exact) mass is 296 g/mol. The summed E-state index contributed by atoms with van der Waals surface area (Å²) in [5.41, 5.74) is 7.78. The highest BCUT2D eigenvalue weighted by Gasteiger charge is 2.06. The second-order valence-corrected chi connectivity index (χ2v) is 4.94. The van der Waals surface area contributed by atoms with E-state index in [9.17, 15) is 0 Å². The molecule has 0 bridgehead atoms. The van der Waals surface area contributed by atoms with Crippen LogP contribution in [0.25, 0.3) is 11.1 Å². The lowest BCUT2D eigenvalue weighted by Gasteiger charge is -2.09. The Labute approximate surface area is 128 Å². The molecule has 2 aromatic carbocycles. The van der Waals surface area contributed by atoms with Crippen molar-refractivity contribution in [2.45, 2.75) is 0 Å². The van der Waals surface area contributed by atoms with E-state index in [1.54, 1.807) is 18.3 Å². The Hall–Kier alpha value is -2.52. The van der Waals surface area contributed by atoms with Crippen molar-refractivity contribution in [3.05, 3.63) is 71.9 Å². The Morgan fingerprint density at radius 2 is 1.71 bits per heavy atom. The lowest BCUT2D eigenvalue weighted by atomic mass is 10.1. The van der Waals surface area contributed by atoms with E-state index >= 15 is 0 Å². The number of ether oxygens (including phenoxy) is 1. The summed E-state index contributed by atoms with van der Waals surface area (Å²) in [6.07, 6.45) is 1.59. The molecule has 0 atom stereocenters. The van der Waals surface area contributed by atoms with Gasteiger partial charge in [0.1, 0.15) is 17.3 Å². The van der Waals surface area contributed by atoms with E-state index in [-0.39, 0.29) is 0 Å². The molecule has 0 saturated carbocycles. The predicted octanol–water partition coefficient (Wildman–Crippen LogP) is 4.78. The topological polar surface area (TPSA) is 48.1 Å². The summed E-state index contributed by atoms with van der Waals surface area (Å²) in [7, 11) is 0. The zero-order valence-corrected chi connectivity index (χ0v) is 11.9. The molecule has 0 spiro atoms. The van der Waals surface area contributed by atoms with Crippen LogP contribution in [0, 0.1) is 0 Å². The van der Waals surface area contributed by atoms with Gasteiger partial charge in [0.05, 0.1) is 5.02 Å². The molecule has 1 heterocycles. The van der Waals surface area contributed by atoms with Crippen LogP contribution in [0.1, 0.15) is 0 Å². The van der Waals surface area contributed by atoms with Crippen LogP contribution in [0.15, 0.2) is 66.9 Å². The van der Waals surface area contributed by atoms with Crippen LogP contribution in [0.2, 0.25) is 5.02 Å². The molecule has 0 saturated heterocycles. The number of rotatable bonds is 3. The molecule has 0 aliphatic rings. The van der Waals surface area contributed by atoms with Crippen molar-refractivity contribution in [3.8, 4) is 22.6 Å². The molecule has 3 nitrogen and oxygen atoms in total. The molecule has 1 aromatic heterocycles. The Morgan fingerprint density at radius 1 is 0.905 bits per heavy atom. The normalized spacial score (nSPS) is 10.3. The third-order valence-electron chi connectivity index (χ3n) is 3.02. The summed E-state index contributed by atoms with van der Waals surface area (Å²) < 4.78 is 5.73. The van der Waals surface area contributed by atoms with E-state index < -0.39 is 0 Å². The van der Waals surface area contributed by atoms with E-state index in [4.69, 9.17) is 22.1 Å². The molecular formula is C17H13ClN2O. The third-order valence-corrected chi connectivity index (χ3v) is 3.31. The fraction of sp³-hybridized carbons (Fsp3) is 0. The van der Waals surface area contributed by atoms with Crippen LogP contribution < -0.4 is 10.5 Å². The first-order chi connectivity index (χ1) is 10.2. The first-order valence-corrected chi connectivity index (χ1v) is 6.84. The zero-order valence-electron chi connectivity index (χ0n) is 11.2. The number of nitrogens with zero attached hydrogens (tertiary/aromatic N) is 1. The summed E-state index contributed by atoms with van der Waals surface area (Å²) in [5.74, 6) is 1.60. The van der Waals surface area contributed by atoms with E-state index in [2.05, 4.69) is 4.98 Å². The average molecular weight is 297 g/mol. The van der Waals surface area contributed by atoms with Gasteiger partial charge in [0, 0.05) is 12.3 Å². The molecule has 0 amide bonds. The number of nitrogen functional groups attached to an aromatic ring is 1. The summed E-state index contributed by atoms with van der Waals surface area (Å²) in [5, 5.41) is 0.548. The summed E-state index contributed by atoms with van der Waals surface area (Å²) >= 11 is 6.30. The Kier molecular flexibility index (Phi) is 3.75. The first-order valence-electron chi connectivity index (χ1n) is 6.47. The smallest absolute Gasteiger partial charge is 0.146 e. The SMILES string of the molecule is Nc1cc(Oc2ccc(-c3ccccc3)cc2Cl)ccn1. The van der Waals surface area contributed by atoms with Gasteiger partial charge >= 0.3 is 0 Å². The highest BCUT2D eigenvalue weighted by atomic mass is 35.5. The predicted molar refractivity (Wildman–Crippen MR) is 85.6 cm³/mol. The van der Waals surface area contributed by atoms with Crippen molar-refractivity contribution >= 4 is 17.4 Å². The van der Waals surface area contributed by atoms with Gasteiger partial charge in [-0.2, -0.15) is 0 Å². The molecule has 4 heteroatoms. The van der Waals surface area contributed by atoms with Crippen molar-refractivity contribution in [3.63, 3.8) is 0 Å². The minimum atomic E-state index is 0.407. The lowest BCUT2D eigenvalue weighted by molar-refractivity contribution is 0.482. The summed E-state index contributed by atoms with van der Waals surface area (Å²) in [4.78, 5) is 3.92. The summed E-state index contributed by atoms with van der Waals surface area (Å²) in [6.45, 7) is 0. The van der Waals surface area contributed by atoms with Gasteiger partial charge in [-0.15, -0.1) is 0 Å². The second kappa shape index (κ2) is 5.85. The van der Waals surface area contributed by atoms with Crippen molar-refractivity contribution in [1.29, 1.82) is 0 Å². The average Bonchev–Trinajstić information content (AvgIpc) is 2.50. The van der Waals surface area contributed by atoms with Crippen LogP contribution in [0.4, 0.5) is 5.82 Å². The van der Waals surface area contributed by atoms with Gasteiger partial charge in [0.25, 0.3) is 0 Å². The maximum atomic E-state index is 6.30. The van der Waals surface area contributed by atoms with Crippen LogP contribution in [-0.4, -0.2) is 4.98 Å². The molecule has 2 N–H and O–H groups in total. The number of hydrogen-bond acceptors (Lipinski definition) is 3. The number of anilines is 1. The van der Waals surface area contributed by atoms with Crippen LogP contribution in [-0.2, 0) is 0 Å². The van der Waals surface area contributed by atoms with Crippen LogP contribution in [0.3, 0.4) is 0 Å². The zero-order chi connectivity index (χ0) is 14.7. The van der Waals surface area contributed by atoms with Crippen LogP contribution >= 0.6 is 11.6 Å². The van der Waals surface area contributed by atoms with Gasteiger partial charge in [-0.05, 0) is 29.3 Å². The van der Waals surface area contributed by atoms with E-state index in [0.717, 1.165) is 11.1 Å². The molecule has 0 fully saturated rings. The fourth-order valence-corrected chi connectivity index (χ4v) is 2.23. The first kappa shape index (κ1) is 13.5. The molecule has 3 aromatic rings. The van der Waals surface area contributed by atoms with Gasteiger partial charge in [-0.25, -0.2) is 4.98 Å². The highest BCUT2D eigenvalue weighted by molar-refractivity contribution is 6.32. The minimum absolute atomic E-state index is 0.407. The van der Waals surface area contributed by atoms with E-state index in [1.165, 1.54) is 0 Å². The molecule has 3 rings (SSSR count). The summed E-state index contributed by atoms with van der Waals surface area (Å²) in [6, 6.07) is 19.1. The number of nitrogens with two attached hydrogens (primary N) is 1. The minimum Gasteiger partial charge on any atom is -0.456 e. The lowest BCUT2D eigenvalue weighted by Crippen LogP contribution is -1.91. The second-order valence-electron chi connectivity index (χ2n) is 4.53. The fourth-order valence-electron chi connectivity index (χ4n) is 2.01. The van der Waals surface area contributed by atoms with Crippen LogP contribution in [0.5, 0.6) is 11.5 Å². The number of benzene rings is 2. The Morgan fingerprint density at radius 3 is 2.43 bits per heavy atom. The number of hydrogen-bond donors (Lipinski definition) is 1. The van der Waals surface area contributed by atoms with Crippen molar-refractivity contribution in [1.82, 2.24) is 4.98 Å². The molecule has 0 radical (unpaired) electrons. The standard InChI is InChI=1S/C17H13ClN2O/c18-15-10-13(12-4-2-1-3-5-12)6-7-16(15)21-14-8-9-20-17(19)11-14/h1-11H,(H2,19,20). The Balaban J connectivity index is 1.88. The maximum absolute atomic E-state index is 6.30. The maximum Gasteiger partial charge on any atom is 0.146 e. The molecule has 0 unspecified atom stereocenters. The number of pyridine rings is 1. The van der Waals surface area contributed by atoms with E-state index in [1.807, 2.05) is 48.5 Å². The van der Waals surface area contributed by atoms with Gasteiger partial charge in [-0.3, -0.25) is 0 Å². The van der Waals surface area contributed by atoms with Gasteiger partial charge in [0.2, 0.25) is 0 Å². The number of halogens is 1. The molecular weight excluding hydrogens is 284 g/mol. The van der Waals surface area contributed by atoms with Gasteiger partial charge < -0.3 is 10.5 Å². The Bertz CT molecular complexity index is 760. The molecule has 21 heavy (non-hydrogen) atoms. The molecule has 0 aliphatic carbocycles. The van der Waals surface area contributed by atoms with Gasteiger partial charge in [-0.1, -0.05) is 48.0 Å². The number of aromatic nitrogens is 1. The molecule has 104 valence electrons. The highest BCUT2D eigenvalue weighted by Crippen LogP contribution is 2.33.